The van der Waals surface area contributed by atoms with Crippen molar-refractivity contribution < 1.29 is 8.42 Å². The van der Waals surface area contributed by atoms with Gasteiger partial charge < -0.3 is 0 Å². The smallest absolute Gasteiger partial charge is 0.229 e. The summed E-state index contributed by atoms with van der Waals surface area (Å²) in [5.74, 6) is 0. The number of fused-ring (bicyclic) bond motifs is 1. The number of para-hydroxylation sites is 1. The third kappa shape index (κ3) is 2.51. The maximum Gasteiger partial charge on any atom is 0.229 e. The van der Waals surface area contributed by atoms with Crippen molar-refractivity contribution in [1.82, 2.24) is 4.98 Å². The van der Waals surface area contributed by atoms with E-state index in [1.807, 2.05) is 12.1 Å². The van der Waals surface area contributed by atoms with E-state index in [0.29, 0.717) is 11.2 Å². The van der Waals surface area contributed by atoms with Gasteiger partial charge in [-0.1, -0.05) is 12.1 Å². The Bertz CT molecular complexity index is 640. The molecule has 4 nitrogen and oxygen atoms in total. The molecule has 0 saturated carbocycles. The second-order valence-corrected chi connectivity index (χ2v) is 6.07. The molecule has 2 rings (SSSR count). The molecule has 0 aliphatic carbocycles. The van der Waals surface area contributed by atoms with Gasteiger partial charge in [-0.3, -0.25) is 9.71 Å². The van der Waals surface area contributed by atoms with Gasteiger partial charge in [-0.05, 0) is 28.1 Å². The predicted octanol–water partition coefficient (Wildman–Crippen LogP) is 2.37. The van der Waals surface area contributed by atoms with Crippen molar-refractivity contribution in [2.75, 3.05) is 11.0 Å². The lowest BCUT2D eigenvalue weighted by molar-refractivity contribution is 0.607. The highest BCUT2D eigenvalue weighted by Crippen LogP contribution is 2.24. The van der Waals surface area contributed by atoms with Crippen LogP contribution in [0.15, 0.2) is 34.9 Å². The summed E-state index contributed by atoms with van der Waals surface area (Å²) in [4.78, 5) is 4.19. The molecule has 0 atom stereocenters. The van der Waals surface area contributed by atoms with Crippen LogP contribution in [-0.4, -0.2) is 19.7 Å². The largest absolute Gasteiger partial charge is 0.282 e. The summed E-state index contributed by atoms with van der Waals surface area (Å²) >= 11 is 3.32. The van der Waals surface area contributed by atoms with Gasteiger partial charge in [0.1, 0.15) is 0 Å². The summed E-state index contributed by atoms with van der Waals surface area (Å²) in [7, 11) is -3.28. The second-order valence-electron chi connectivity index (χ2n) is 3.41. The lowest BCUT2D eigenvalue weighted by Crippen LogP contribution is -2.10. The lowest BCUT2D eigenvalue weighted by atomic mass is 10.2. The first kappa shape index (κ1) is 11.3. The summed E-state index contributed by atoms with van der Waals surface area (Å²) in [6.07, 6.45) is 2.75. The van der Waals surface area contributed by atoms with Gasteiger partial charge in [-0.2, -0.15) is 0 Å². The van der Waals surface area contributed by atoms with Crippen molar-refractivity contribution in [3.63, 3.8) is 0 Å². The zero-order chi connectivity index (χ0) is 11.8. The van der Waals surface area contributed by atoms with E-state index in [1.54, 1.807) is 18.3 Å². The van der Waals surface area contributed by atoms with Gasteiger partial charge in [0.15, 0.2) is 0 Å². The van der Waals surface area contributed by atoms with Crippen LogP contribution in [0.1, 0.15) is 0 Å². The number of nitrogens with zero attached hydrogens (tertiary/aromatic N) is 1. The minimum atomic E-state index is -3.28. The molecule has 0 bridgehead atoms. The summed E-state index contributed by atoms with van der Waals surface area (Å²) in [6.45, 7) is 0. The van der Waals surface area contributed by atoms with Crippen LogP contribution in [0.3, 0.4) is 0 Å². The molecule has 0 aliphatic heterocycles. The molecule has 1 aromatic carbocycles. The first-order chi connectivity index (χ1) is 7.46. The van der Waals surface area contributed by atoms with Crippen molar-refractivity contribution in [1.29, 1.82) is 0 Å². The van der Waals surface area contributed by atoms with Gasteiger partial charge in [-0.15, -0.1) is 0 Å². The third-order valence-electron chi connectivity index (χ3n) is 1.97. The van der Waals surface area contributed by atoms with E-state index in [1.165, 1.54) is 0 Å². The summed E-state index contributed by atoms with van der Waals surface area (Å²) in [5.41, 5.74) is 1.13. The number of nitrogens with one attached hydrogen (secondary N) is 1. The summed E-state index contributed by atoms with van der Waals surface area (Å²) in [6, 6.07) is 7.23. The Morgan fingerprint density at radius 3 is 2.81 bits per heavy atom. The van der Waals surface area contributed by atoms with Crippen molar-refractivity contribution in [2.45, 2.75) is 0 Å². The fraction of sp³-hybridized carbons (Fsp3) is 0.100. The molecule has 0 amide bonds. The molecule has 2 aromatic rings. The Labute approximate surface area is 102 Å². The summed E-state index contributed by atoms with van der Waals surface area (Å²) in [5, 5.41) is 0.878. The third-order valence-corrected chi connectivity index (χ3v) is 3.00. The normalized spacial score (nSPS) is 11.6. The Hall–Kier alpha value is -1.14. The predicted molar refractivity (Wildman–Crippen MR) is 67.9 cm³/mol. The molecule has 0 fully saturated rings. The number of anilines is 1. The van der Waals surface area contributed by atoms with Crippen molar-refractivity contribution >= 4 is 42.5 Å². The Balaban J connectivity index is 2.63. The van der Waals surface area contributed by atoms with Crippen molar-refractivity contribution in [2.24, 2.45) is 0 Å². The van der Waals surface area contributed by atoms with E-state index in [2.05, 4.69) is 25.6 Å². The fourth-order valence-electron chi connectivity index (χ4n) is 1.42. The minimum absolute atomic E-state index is 0.493. The van der Waals surface area contributed by atoms with Crippen LogP contribution in [0, 0.1) is 0 Å². The Morgan fingerprint density at radius 2 is 2.12 bits per heavy atom. The molecular weight excluding hydrogens is 292 g/mol. The Morgan fingerprint density at radius 1 is 1.38 bits per heavy atom. The average Bonchev–Trinajstić information content (AvgIpc) is 2.15. The van der Waals surface area contributed by atoms with E-state index >= 15 is 0 Å². The number of rotatable bonds is 2. The number of halogens is 1. The molecule has 0 saturated heterocycles. The van der Waals surface area contributed by atoms with Crippen molar-refractivity contribution in [3.05, 3.63) is 34.9 Å². The Kier molecular flexibility index (Phi) is 2.86. The molecular formula is C10H9BrN2O2S. The number of hydrogen-bond acceptors (Lipinski definition) is 3. The molecule has 0 unspecified atom stereocenters. The van der Waals surface area contributed by atoms with E-state index < -0.39 is 10.0 Å². The van der Waals surface area contributed by atoms with Crippen LogP contribution in [0.4, 0.5) is 5.69 Å². The van der Waals surface area contributed by atoms with Crippen LogP contribution in [0.5, 0.6) is 0 Å². The maximum absolute atomic E-state index is 11.2. The number of hydrogen-bond donors (Lipinski definition) is 1. The van der Waals surface area contributed by atoms with Gasteiger partial charge >= 0.3 is 0 Å². The van der Waals surface area contributed by atoms with Crippen LogP contribution in [-0.2, 0) is 10.0 Å². The average molecular weight is 301 g/mol. The molecule has 1 aromatic heterocycles. The molecule has 0 spiro atoms. The zero-order valence-corrected chi connectivity index (χ0v) is 10.8. The number of benzene rings is 1. The van der Waals surface area contributed by atoms with E-state index in [-0.39, 0.29) is 0 Å². The standard InChI is InChI=1S/C10H9BrN2O2S/c1-16(14,15)13-9-4-2-3-7-5-8(11)6-12-10(7)9/h2-6,13H,1H3. The molecule has 1 N–H and O–H groups in total. The van der Waals surface area contributed by atoms with E-state index in [4.69, 9.17) is 0 Å². The molecule has 6 heteroatoms. The highest BCUT2D eigenvalue weighted by molar-refractivity contribution is 9.10. The monoisotopic (exact) mass is 300 g/mol. The van der Waals surface area contributed by atoms with Crippen LogP contribution in [0.2, 0.25) is 0 Å². The van der Waals surface area contributed by atoms with E-state index in [0.717, 1.165) is 16.1 Å². The topological polar surface area (TPSA) is 59.1 Å². The zero-order valence-electron chi connectivity index (χ0n) is 8.44. The highest BCUT2D eigenvalue weighted by Gasteiger charge is 2.06. The van der Waals surface area contributed by atoms with Gasteiger partial charge in [0.25, 0.3) is 0 Å². The molecule has 84 valence electrons. The SMILES string of the molecule is CS(=O)(=O)Nc1cccc2cc(Br)cnc12. The number of aromatic nitrogens is 1. The molecule has 16 heavy (non-hydrogen) atoms. The second kappa shape index (κ2) is 4.03. The van der Waals surface area contributed by atoms with Gasteiger partial charge in [0, 0.05) is 16.1 Å². The lowest BCUT2D eigenvalue weighted by Gasteiger charge is -2.06. The minimum Gasteiger partial charge on any atom is -0.282 e. The summed E-state index contributed by atoms with van der Waals surface area (Å²) < 4.78 is 25.6. The molecule has 0 aliphatic rings. The van der Waals surface area contributed by atoms with Gasteiger partial charge in [-0.25, -0.2) is 8.42 Å². The maximum atomic E-state index is 11.2. The number of sulfonamides is 1. The first-order valence-electron chi connectivity index (χ1n) is 4.48. The van der Waals surface area contributed by atoms with E-state index in [9.17, 15) is 8.42 Å². The van der Waals surface area contributed by atoms with Gasteiger partial charge in [0.05, 0.1) is 17.5 Å². The quantitative estimate of drug-likeness (QED) is 0.926. The van der Waals surface area contributed by atoms with Crippen LogP contribution >= 0.6 is 15.9 Å². The van der Waals surface area contributed by atoms with Crippen LogP contribution < -0.4 is 4.72 Å². The van der Waals surface area contributed by atoms with Gasteiger partial charge in [0.2, 0.25) is 10.0 Å². The number of pyridine rings is 1. The van der Waals surface area contributed by atoms with Crippen LogP contribution in [0.25, 0.3) is 10.9 Å². The molecule has 0 radical (unpaired) electrons. The van der Waals surface area contributed by atoms with Crippen molar-refractivity contribution in [3.8, 4) is 0 Å². The molecule has 1 heterocycles. The highest BCUT2D eigenvalue weighted by atomic mass is 79.9. The first-order valence-corrected chi connectivity index (χ1v) is 7.16. The fourth-order valence-corrected chi connectivity index (χ4v) is 2.33.